The fraction of sp³-hybridized carbons (Fsp3) is 0.417. The van der Waals surface area contributed by atoms with E-state index in [1.807, 2.05) is 17.9 Å². The van der Waals surface area contributed by atoms with Gasteiger partial charge in [-0.1, -0.05) is 30.3 Å². The van der Waals surface area contributed by atoms with Crippen molar-refractivity contribution in [1.82, 2.24) is 20.2 Å². The van der Waals surface area contributed by atoms with Gasteiger partial charge in [-0.15, -0.1) is 0 Å². The second-order valence-electron chi connectivity index (χ2n) is 8.45. The van der Waals surface area contributed by atoms with Crippen LogP contribution in [-0.2, 0) is 6.54 Å². The van der Waals surface area contributed by atoms with E-state index in [9.17, 15) is 9.18 Å². The summed E-state index contributed by atoms with van der Waals surface area (Å²) in [4.78, 5) is 22.7. The van der Waals surface area contributed by atoms with Crippen molar-refractivity contribution in [1.29, 1.82) is 0 Å². The summed E-state index contributed by atoms with van der Waals surface area (Å²) in [5.74, 6) is -0.203. The van der Waals surface area contributed by atoms with Gasteiger partial charge in [-0.3, -0.25) is 4.79 Å². The van der Waals surface area contributed by atoms with Crippen LogP contribution in [-0.4, -0.2) is 38.9 Å². The second kappa shape index (κ2) is 8.56. The van der Waals surface area contributed by atoms with Crippen LogP contribution in [0, 0.1) is 5.82 Å². The van der Waals surface area contributed by atoms with Crippen LogP contribution in [0.25, 0.3) is 11.0 Å². The Labute approximate surface area is 176 Å². The first kappa shape index (κ1) is 20.5. The molecule has 1 aromatic heterocycles. The van der Waals surface area contributed by atoms with E-state index in [4.69, 9.17) is 0 Å². The fourth-order valence-electron chi connectivity index (χ4n) is 4.72. The number of amides is 1. The molecule has 2 aromatic carbocycles. The normalized spacial score (nSPS) is 21.6. The Kier molecular flexibility index (Phi) is 5.86. The molecule has 1 amide bonds. The van der Waals surface area contributed by atoms with Crippen molar-refractivity contribution in [3.8, 4) is 0 Å². The van der Waals surface area contributed by atoms with Crippen molar-refractivity contribution < 1.29 is 9.18 Å². The first-order valence-corrected chi connectivity index (χ1v) is 10.7. The third-order valence-electron chi connectivity index (χ3n) is 6.25. The molecule has 0 saturated heterocycles. The van der Waals surface area contributed by atoms with Crippen molar-refractivity contribution >= 4 is 16.9 Å². The van der Waals surface area contributed by atoms with E-state index < -0.39 is 0 Å². The predicted octanol–water partition coefficient (Wildman–Crippen LogP) is 4.66. The van der Waals surface area contributed by atoms with Gasteiger partial charge < -0.3 is 15.2 Å². The lowest BCUT2D eigenvalue weighted by atomic mass is 9.78. The molecule has 0 bridgehead atoms. The van der Waals surface area contributed by atoms with E-state index in [0.717, 1.165) is 32.2 Å². The number of aromatic nitrogens is 2. The molecule has 2 unspecified atom stereocenters. The Morgan fingerprint density at radius 3 is 2.87 bits per heavy atom. The summed E-state index contributed by atoms with van der Waals surface area (Å²) in [5, 5.41) is 3.68. The summed E-state index contributed by atoms with van der Waals surface area (Å²) in [6.45, 7) is 5.61. The molecule has 1 saturated carbocycles. The quantitative estimate of drug-likeness (QED) is 0.624. The minimum absolute atomic E-state index is 0.125. The predicted molar refractivity (Wildman–Crippen MR) is 117 cm³/mol. The molecule has 1 aliphatic rings. The highest BCUT2D eigenvalue weighted by atomic mass is 19.1. The number of fused-ring (bicyclic) bond motifs is 1. The Balaban J connectivity index is 1.49. The van der Waals surface area contributed by atoms with Crippen molar-refractivity contribution in [2.45, 2.75) is 57.7 Å². The number of carbonyl (C=O) groups is 1. The molecule has 1 heterocycles. The first-order valence-electron chi connectivity index (χ1n) is 10.7. The molecule has 0 aliphatic heterocycles. The Hall–Kier alpha value is -2.73. The molecule has 158 valence electrons. The number of H-pyrrole nitrogens is 1. The Morgan fingerprint density at radius 1 is 1.30 bits per heavy atom. The number of benzene rings is 2. The van der Waals surface area contributed by atoms with E-state index >= 15 is 0 Å². The van der Waals surface area contributed by atoms with Crippen LogP contribution in [0.1, 0.15) is 55.7 Å². The molecular formula is C24H29FN4O. The van der Waals surface area contributed by atoms with Gasteiger partial charge in [0.2, 0.25) is 0 Å². The molecule has 4 rings (SSSR count). The minimum Gasteiger partial charge on any atom is -0.334 e. The van der Waals surface area contributed by atoms with Gasteiger partial charge in [-0.25, -0.2) is 9.37 Å². The average molecular weight is 409 g/mol. The summed E-state index contributed by atoms with van der Waals surface area (Å²) < 4.78 is 13.5. The van der Waals surface area contributed by atoms with E-state index in [0.29, 0.717) is 23.6 Å². The van der Waals surface area contributed by atoms with E-state index in [1.54, 1.807) is 6.07 Å². The van der Waals surface area contributed by atoms with E-state index in [2.05, 4.69) is 46.5 Å². The third kappa shape index (κ3) is 4.24. The monoisotopic (exact) mass is 408 g/mol. The minimum atomic E-state index is -0.355. The second-order valence-corrected chi connectivity index (χ2v) is 8.45. The van der Waals surface area contributed by atoms with Gasteiger partial charge >= 0.3 is 0 Å². The lowest BCUT2D eigenvalue weighted by Gasteiger charge is -2.46. The molecule has 2 atom stereocenters. The number of nitrogens with zero attached hydrogens (tertiary/aromatic N) is 2. The number of nitrogens with one attached hydrogen (secondary N) is 2. The summed E-state index contributed by atoms with van der Waals surface area (Å²) in [6.07, 6.45) is 4.04. The highest BCUT2D eigenvalue weighted by molar-refractivity contribution is 5.94. The average Bonchev–Trinajstić information content (AvgIpc) is 3.16. The number of aromatic amines is 1. The van der Waals surface area contributed by atoms with Crippen LogP contribution >= 0.6 is 0 Å². The highest BCUT2D eigenvalue weighted by Gasteiger charge is 2.40. The molecule has 3 aromatic rings. The molecule has 0 spiro atoms. The van der Waals surface area contributed by atoms with Crippen molar-refractivity contribution in [3.63, 3.8) is 0 Å². The van der Waals surface area contributed by atoms with Crippen LogP contribution in [0.5, 0.6) is 0 Å². The van der Waals surface area contributed by atoms with Crippen molar-refractivity contribution in [2.75, 3.05) is 6.54 Å². The molecule has 0 radical (unpaired) electrons. The topological polar surface area (TPSA) is 61.0 Å². The first-order chi connectivity index (χ1) is 14.5. The van der Waals surface area contributed by atoms with Gasteiger partial charge in [0.15, 0.2) is 5.82 Å². The van der Waals surface area contributed by atoms with Crippen LogP contribution in [0.4, 0.5) is 4.39 Å². The zero-order valence-corrected chi connectivity index (χ0v) is 17.6. The van der Waals surface area contributed by atoms with Crippen LogP contribution < -0.4 is 5.32 Å². The maximum absolute atomic E-state index is 13.5. The Morgan fingerprint density at radius 2 is 2.10 bits per heavy atom. The van der Waals surface area contributed by atoms with Gasteiger partial charge in [0.1, 0.15) is 5.82 Å². The summed E-state index contributed by atoms with van der Waals surface area (Å²) in [5.41, 5.74) is 2.17. The van der Waals surface area contributed by atoms with Crippen LogP contribution in [0.2, 0.25) is 0 Å². The maximum atomic E-state index is 13.5. The van der Waals surface area contributed by atoms with Gasteiger partial charge in [0, 0.05) is 30.7 Å². The lowest BCUT2D eigenvalue weighted by molar-refractivity contribution is 0.0359. The third-order valence-corrected chi connectivity index (χ3v) is 6.25. The van der Waals surface area contributed by atoms with Crippen LogP contribution in [0.3, 0.4) is 0 Å². The van der Waals surface area contributed by atoms with Gasteiger partial charge in [0.05, 0.1) is 11.0 Å². The number of imidazole rings is 1. The zero-order valence-electron chi connectivity index (χ0n) is 17.6. The number of hydrogen-bond acceptors (Lipinski definition) is 3. The summed E-state index contributed by atoms with van der Waals surface area (Å²) >= 11 is 0. The molecule has 1 fully saturated rings. The largest absolute Gasteiger partial charge is 0.334 e. The summed E-state index contributed by atoms with van der Waals surface area (Å²) in [7, 11) is 0. The number of carbonyl (C=O) groups excluding carboxylic acids is 1. The lowest BCUT2D eigenvalue weighted by Crippen LogP contribution is -2.55. The smallest absolute Gasteiger partial charge is 0.290 e. The molecular weight excluding hydrogens is 379 g/mol. The number of hydrogen-bond donors (Lipinski definition) is 2. The number of rotatable bonds is 6. The summed E-state index contributed by atoms with van der Waals surface area (Å²) in [6, 6.07) is 15.1. The van der Waals surface area contributed by atoms with Crippen LogP contribution in [0.15, 0.2) is 48.5 Å². The highest BCUT2D eigenvalue weighted by Crippen LogP contribution is 2.34. The van der Waals surface area contributed by atoms with Gasteiger partial charge in [-0.2, -0.15) is 0 Å². The molecule has 5 nitrogen and oxygen atoms in total. The van der Waals surface area contributed by atoms with Crippen molar-refractivity contribution in [3.05, 3.63) is 65.7 Å². The van der Waals surface area contributed by atoms with Crippen molar-refractivity contribution in [2.24, 2.45) is 0 Å². The van der Waals surface area contributed by atoms with E-state index in [1.165, 1.54) is 17.7 Å². The number of halogens is 1. The standard InChI is InChI=1S/C24H29FN4O/c1-3-29(23(30)22-27-20-12-11-18(25)14-21(20)28-22)24(2)13-7-10-19(15-24)26-16-17-8-5-4-6-9-17/h4-6,8-9,11-12,14,19,26H,3,7,10,13,15-16H2,1-2H3,(H,27,28). The zero-order chi connectivity index (χ0) is 21.1. The molecule has 30 heavy (non-hydrogen) atoms. The maximum Gasteiger partial charge on any atom is 0.290 e. The molecule has 1 aliphatic carbocycles. The van der Waals surface area contributed by atoms with Gasteiger partial charge in [-0.05, 0) is 57.2 Å². The fourth-order valence-corrected chi connectivity index (χ4v) is 4.72. The van der Waals surface area contributed by atoms with E-state index in [-0.39, 0.29) is 23.1 Å². The van der Waals surface area contributed by atoms with Gasteiger partial charge in [0.25, 0.3) is 5.91 Å². The molecule has 2 N–H and O–H groups in total. The SMILES string of the molecule is CCN(C(=O)c1nc2cc(F)ccc2[nH]1)C1(C)CCCC(NCc2ccccc2)C1. The molecule has 6 heteroatoms. The Bertz CT molecular complexity index is 1020.